The van der Waals surface area contributed by atoms with E-state index in [0.717, 1.165) is 12.2 Å². The van der Waals surface area contributed by atoms with Gasteiger partial charge in [0.05, 0.1) is 6.61 Å². The molecule has 0 aromatic heterocycles. The summed E-state index contributed by atoms with van der Waals surface area (Å²) in [7, 11) is -0.783. The van der Waals surface area contributed by atoms with Gasteiger partial charge in [-0.1, -0.05) is 18.2 Å². The van der Waals surface area contributed by atoms with Gasteiger partial charge in [-0.05, 0) is 18.6 Å². The number of ether oxygens (including phenoxy) is 1. The molecular weight excluding hydrogens is 210 g/mol. The summed E-state index contributed by atoms with van der Waals surface area (Å²) in [5.74, 6) is 2.12. The van der Waals surface area contributed by atoms with Gasteiger partial charge in [-0.2, -0.15) is 0 Å². The summed E-state index contributed by atoms with van der Waals surface area (Å²) >= 11 is 0. The van der Waals surface area contributed by atoms with Gasteiger partial charge in [0.1, 0.15) is 5.75 Å². The van der Waals surface area contributed by atoms with Crippen molar-refractivity contribution in [2.45, 2.75) is 6.42 Å². The molecule has 0 bridgehead atoms. The van der Waals surface area contributed by atoms with Crippen LogP contribution in [0, 0.1) is 0 Å². The Morgan fingerprint density at radius 2 is 1.93 bits per heavy atom. The lowest BCUT2D eigenvalue weighted by atomic mass is 10.3. The van der Waals surface area contributed by atoms with Crippen molar-refractivity contribution >= 4 is 10.8 Å². The molecule has 0 heterocycles. The third-order valence-corrected chi connectivity index (χ3v) is 3.31. The van der Waals surface area contributed by atoms with Crippen LogP contribution in [0.15, 0.2) is 30.3 Å². The molecule has 0 aliphatic heterocycles. The molecule has 15 heavy (non-hydrogen) atoms. The first kappa shape index (κ1) is 12.2. The first-order chi connectivity index (χ1) is 7.33. The second-order valence-corrected chi connectivity index (χ2v) is 4.85. The minimum Gasteiger partial charge on any atom is -0.494 e. The minimum absolute atomic E-state index is 0.492. The molecule has 0 fully saturated rings. The number of benzene rings is 1. The van der Waals surface area contributed by atoms with Gasteiger partial charge >= 0.3 is 0 Å². The summed E-state index contributed by atoms with van der Waals surface area (Å²) in [5.41, 5.74) is 5.30. The lowest BCUT2D eigenvalue weighted by Gasteiger charge is -2.05. The van der Waals surface area contributed by atoms with Gasteiger partial charge in [0.15, 0.2) is 0 Å². The SMILES string of the molecule is NCCS(=O)CCCOc1ccccc1. The molecule has 0 aliphatic carbocycles. The Balaban J connectivity index is 2.10. The van der Waals surface area contributed by atoms with Crippen LogP contribution in [0.3, 0.4) is 0 Å². The monoisotopic (exact) mass is 227 g/mol. The summed E-state index contributed by atoms with van der Waals surface area (Å²) in [6, 6.07) is 9.64. The third-order valence-electron chi connectivity index (χ3n) is 1.87. The smallest absolute Gasteiger partial charge is 0.119 e. The van der Waals surface area contributed by atoms with Crippen LogP contribution in [0.4, 0.5) is 0 Å². The van der Waals surface area contributed by atoms with Crippen LogP contribution >= 0.6 is 0 Å². The molecule has 1 aromatic rings. The van der Waals surface area contributed by atoms with Crippen molar-refractivity contribution in [1.29, 1.82) is 0 Å². The predicted octanol–water partition coefficient (Wildman–Crippen LogP) is 1.16. The molecule has 0 aliphatic rings. The Kier molecular flexibility index (Phi) is 6.04. The standard InChI is InChI=1S/C11H17NO2S/c12-7-10-15(13)9-4-8-14-11-5-2-1-3-6-11/h1-3,5-6H,4,7-10,12H2. The van der Waals surface area contributed by atoms with E-state index in [9.17, 15) is 4.21 Å². The fraction of sp³-hybridized carbons (Fsp3) is 0.455. The van der Waals surface area contributed by atoms with Crippen LogP contribution in [0.2, 0.25) is 0 Å². The molecule has 1 rings (SSSR count). The third kappa shape index (κ3) is 5.54. The first-order valence-electron chi connectivity index (χ1n) is 5.06. The molecule has 1 aromatic carbocycles. The van der Waals surface area contributed by atoms with E-state index in [4.69, 9.17) is 10.5 Å². The average Bonchev–Trinajstić information content (AvgIpc) is 2.26. The van der Waals surface area contributed by atoms with E-state index in [2.05, 4.69) is 0 Å². The highest BCUT2D eigenvalue weighted by atomic mass is 32.2. The summed E-state index contributed by atoms with van der Waals surface area (Å²) in [5, 5.41) is 0. The number of rotatable bonds is 7. The van der Waals surface area contributed by atoms with Gasteiger partial charge in [0.25, 0.3) is 0 Å². The Morgan fingerprint density at radius 3 is 2.60 bits per heavy atom. The summed E-state index contributed by atoms with van der Waals surface area (Å²) in [6.07, 6.45) is 0.807. The number of nitrogens with two attached hydrogens (primary N) is 1. The number of para-hydroxylation sites is 1. The molecule has 0 saturated carbocycles. The van der Waals surface area contributed by atoms with Gasteiger partial charge in [0.2, 0.25) is 0 Å². The summed E-state index contributed by atoms with van der Waals surface area (Å²) in [4.78, 5) is 0. The van der Waals surface area contributed by atoms with Crippen molar-refractivity contribution in [3.8, 4) is 5.75 Å². The lowest BCUT2D eigenvalue weighted by molar-refractivity contribution is 0.318. The first-order valence-corrected chi connectivity index (χ1v) is 6.54. The van der Waals surface area contributed by atoms with Crippen LogP contribution in [-0.2, 0) is 10.8 Å². The Labute approximate surface area is 93.1 Å². The zero-order chi connectivity index (χ0) is 10.9. The second-order valence-electron chi connectivity index (χ2n) is 3.15. The summed E-state index contributed by atoms with van der Waals surface area (Å²) in [6.45, 7) is 1.10. The Hall–Kier alpha value is -0.870. The van der Waals surface area contributed by atoms with Crippen molar-refractivity contribution in [2.24, 2.45) is 5.73 Å². The van der Waals surface area contributed by atoms with Crippen molar-refractivity contribution in [2.75, 3.05) is 24.7 Å². The fourth-order valence-corrected chi connectivity index (χ4v) is 2.07. The lowest BCUT2D eigenvalue weighted by Crippen LogP contribution is -2.14. The van der Waals surface area contributed by atoms with E-state index in [-0.39, 0.29) is 0 Å². The van der Waals surface area contributed by atoms with Gasteiger partial charge in [-0.15, -0.1) is 0 Å². The Bertz CT molecular complexity index is 290. The quantitative estimate of drug-likeness (QED) is 0.711. The second kappa shape index (κ2) is 7.43. The molecule has 3 nitrogen and oxygen atoms in total. The molecule has 1 unspecified atom stereocenters. The molecular formula is C11H17NO2S. The highest BCUT2D eigenvalue weighted by molar-refractivity contribution is 7.84. The van der Waals surface area contributed by atoms with E-state index >= 15 is 0 Å². The van der Waals surface area contributed by atoms with Crippen molar-refractivity contribution in [3.05, 3.63) is 30.3 Å². The van der Waals surface area contributed by atoms with Crippen molar-refractivity contribution < 1.29 is 8.95 Å². The van der Waals surface area contributed by atoms with E-state index in [1.807, 2.05) is 30.3 Å². The van der Waals surface area contributed by atoms with E-state index < -0.39 is 10.8 Å². The Morgan fingerprint density at radius 1 is 1.20 bits per heavy atom. The van der Waals surface area contributed by atoms with E-state index in [0.29, 0.717) is 24.7 Å². The van der Waals surface area contributed by atoms with Gasteiger partial charge in [0, 0.05) is 28.9 Å². The highest BCUT2D eigenvalue weighted by Gasteiger charge is 1.98. The number of hydrogen-bond acceptors (Lipinski definition) is 3. The maximum Gasteiger partial charge on any atom is 0.119 e. The van der Waals surface area contributed by atoms with Gasteiger partial charge < -0.3 is 10.5 Å². The van der Waals surface area contributed by atoms with Crippen LogP contribution in [0.25, 0.3) is 0 Å². The average molecular weight is 227 g/mol. The van der Waals surface area contributed by atoms with Crippen LogP contribution < -0.4 is 10.5 Å². The van der Waals surface area contributed by atoms with Crippen LogP contribution in [-0.4, -0.2) is 28.9 Å². The molecule has 0 saturated heterocycles. The normalized spacial score (nSPS) is 12.3. The van der Waals surface area contributed by atoms with E-state index in [1.54, 1.807) is 0 Å². The summed E-state index contributed by atoms with van der Waals surface area (Å²) < 4.78 is 16.7. The zero-order valence-electron chi connectivity index (χ0n) is 8.72. The molecule has 1 atom stereocenters. The fourth-order valence-electron chi connectivity index (χ4n) is 1.16. The largest absolute Gasteiger partial charge is 0.494 e. The maximum atomic E-state index is 11.2. The molecule has 0 radical (unpaired) electrons. The van der Waals surface area contributed by atoms with E-state index in [1.165, 1.54) is 0 Å². The highest BCUT2D eigenvalue weighted by Crippen LogP contribution is 2.08. The van der Waals surface area contributed by atoms with Crippen LogP contribution in [0.1, 0.15) is 6.42 Å². The molecule has 4 heteroatoms. The molecule has 0 amide bonds. The van der Waals surface area contributed by atoms with Crippen LogP contribution in [0.5, 0.6) is 5.75 Å². The van der Waals surface area contributed by atoms with Crippen molar-refractivity contribution in [3.63, 3.8) is 0 Å². The van der Waals surface area contributed by atoms with Gasteiger partial charge in [-0.3, -0.25) is 4.21 Å². The molecule has 0 spiro atoms. The zero-order valence-corrected chi connectivity index (χ0v) is 9.54. The molecule has 84 valence electrons. The maximum absolute atomic E-state index is 11.2. The topological polar surface area (TPSA) is 52.3 Å². The van der Waals surface area contributed by atoms with Crippen molar-refractivity contribution in [1.82, 2.24) is 0 Å². The number of hydrogen-bond donors (Lipinski definition) is 1. The minimum atomic E-state index is -0.783. The predicted molar refractivity (Wildman–Crippen MR) is 63.5 cm³/mol. The van der Waals surface area contributed by atoms with Gasteiger partial charge in [-0.25, -0.2) is 0 Å². The molecule has 2 N–H and O–H groups in total.